The Bertz CT molecular complexity index is 1880. The maximum absolute atomic E-state index is 15.9. The van der Waals surface area contributed by atoms with Crippen molar-refractivity contribution >= 4 is 17.8 Å². The molecule has 8 fully saturated rings. The van der Waals surface area contributed by atoms with Crippen LogP contribution in [0.2, 0.25) is 0 Å². The molecule has 1 aromatic heterocycles. The number of amides is 1. The summed E-state index contributed by atoms with van der Waals surface area (Å²) in [6, 6.07) is 1.01. The normalized spacial score (nSPS) is 43.7. The maximum Gasteiger partial charge on any atom is 0.306 e. The average Bonchev–Trinajstić information content (AvgIpc) is 3.45. The Balaban J connectivity index is 0.974. The Kier molecular flexibility index (Phi) is 10.0. The fraction of sp³-hybridized carbons (Fsp3) is 0.902. The van der Waals surface area contributed by atoms with Crippen LogP contribution in [-0.2, 0) is 19.1 Å². The Morgan fingerprint density at radius 1 is 0.750 bits per heavy atom. The van der Waals surface area contributed by atoms with Crippen LogP contribution >= 0.6 is 0 Å². The van der Waals surface area contributed by atoms with Gasteiger partial charge in [0.15, 0.2) is 0 Å². The molecule has 60 heavy (non-hydrogen) atoms. The molecule has 0 spiro atoms. The zero-order valence-electron chi connectivity index (χ0n) is 39.4. The van der Waals surface area contributed by atoms with Crippen LogP contribution in [0.5, 0.6) is 0 Å². The number of nitrogens with zero attached hydrogens (tertiary/aromatic N) is 4. The maximum atomic E-state index is 15.9. The molecule has 2 aliphatic heterocycles. The van der Waals surface area contributed by atoms with Crippen molar-refractivity contribution in [2.45, 2.75) is 222 Å². The molecule has 13 atom stereocenters. The molecule has 9 rings (SSSR count). The summed E-state index contributed by atoms with van der Waals surface area (Å²) in [7, 11) is 0. The lowest BCUT2D eigenvalue weighted by molar-refractivity contribution is -0.252. The van der Waals surface area contributed by atoms with Gasteiger partial charge in [-0.3, -0.25) is 14.4 Å². The van der Waals surface area contributed by atoms with Crippen LogP contribution in [0.3, 0.4) is 0 Å². The zero-order valence-corrected chi connectivity index (χ0v) is 39.4. The molecule has 1 unspecified atom stereocenters. The first kappa shape index (κ1) is 42.8. The van der Waals surface area contributed by atoms with E-state index < -0.39 is 11.4 Å². The second-order valence-electron chi connectivity index (χ2n) is 25.3. The molecule has 3 heterocycles. The van der Waals surface area contributed by atoms with Gasteiger partial charge in [0, 0.05) is 29.5 Å². The van der Waals surface area contributed by atoms with E-state index in [1.807, 2.05) is 13.8 Å². The minimum Gasteiger partial charge on any atom is -0.481 e. The van der Waals surface area contributed by atoms with Crippen molar-refractivity contribution < 1.29 is 24.2 Å². The van der Waals surface area contributed by atoms with Gasteiger partial charge >= 0.3 is 11.9 Å². The third-order valence-corrected chi connectivity index (χ3v) is 21.0. The Hall–Kier alpha value is -2.45. The van der Waals surface area contributed by atoms with Crippen LogP contribution in [0.25, 0.3) is 0 Å². The molecule has 0 radical (unpaired) electrons. The first-order valence-electron chi connectivity index (χ1n) is 24.7. The summed E-state index contributed by atoms with van der Waals surface area (Å²) in [5, 5.41) is 18.6. The topological polar surface area (TPSA) is 115 Å². The van der Waals surface area contributed by atoms with Gasteiger partial charge in [-0.05, 0) is 166 Å². The molecule has 8 aliphatic rings. The lowest BCUT2D eigenvalue weighted by Gasteiger charge is -2.73. The quantitative estimate of drug-likeness (QED) is 0.247. The molecule has 9 heteroatoms. The SMILES string of the molecule is Cc1nnc(C(C)C)n1C1C[C@H]2CC[C@@H](C1)N2C(=O)[C@]12CC[C@@H](C3(C)CC3)[C@@H]1[C@H]1CC[C@@H]3[C@@]4(C)CC[C@H](OC(=O)CC(C)(C)CC(=O)O)C(C)(C)[C@@H]4CC[C@@]3(C)[C@]1(C)CC2. The van der Waals surface area contributed by atoms with E-state index in [0.29, 0.717) is 65.0 Å². The van der Waals surface area contributed by atoms with Gasteiger partial charge in [-0.15, -0.1) is 10.2 Å². The number of ether oxygens (including phenoxy) is 1. The summed E-state index contributed by atoms with van der Waals surface area (Å²) < 4.78 is 8.79. The van der Waals surface area contributed by atoms with Gasteiger partial charge < -0.3 is 19.3 Å². The number of aliphatic carboxylic acids is 1. The van der Waals surface area contributed by atoms with Crippen molar-refractivity contribution in [1.82, 2.24) is 19.7 Å². The molecule has 6 saturated carbocycles. The van der Waals surface area contributed by atoms with Gasteiger partial charge in [-0.25, -0.2) is 0 Å². The highest BCUT2D eigenvalue weighted by Gasteiger charge is 2.74. The number of carbonyl (C=O) groups is 3. The van der Waals surface area contributed by atoms with Crippen molar-refractivity contribution in [1.29, 1.82) is 0 Å². The van der Waals surface area contributed by atoms with Gasteiger partial charge in [-0.2, -0.15) is 0 Å². The number of carboxylic acid groups (broad SMARTS) is 1. The van der Waals surface area contributed by atoms with Crippen LogP contribution in [0.1, 0.15) is 208 Å². The molecule has 1 amide bonds. The summed E-state index contributed by atoms with van der Waals surface area (Å²) in [6.45, 7) is 25.6. The third kappa shape index (κ3) is 6.18. The van der Waals surface area contributed by atoms with Crippen LogP contribution < -0.4 is 0 Å². The molecule has 1 N–H and O–H groups in total. The predicted octanol–water partition coefficient (Wildman–Crippen LogP) is 11.1. The number of hydrogen-bond donors (Lipinski definition) is 1. The molecular formula is C51H80N4O5. The third-order valence-electron chi connectivity index (χ3n) is 21.0. The largest absolute Gasteiger partial charge is 0.481 e. The second-order valence-corrected chi connectivity index (χ2v) is 25.3. The van der Waals surface area contributed by atoms with Gasteiger partial charge in [0.2, 0.25) is 5.91 Å². The highest BCUT2D eigenvalue weighted by molar-refractivity contribution is 5.85. The van der Waals surface area contributed by atoms with Crippen molar-refractivity contribution in [3.8, 4) is 0 Å². The monoisotopic (exact) mass is 829 g/mol. The molecule has 2 saturated heterocycles. The van der Waals surface area contributed by atoms with E-state index in [0.717, 1.165) is 75.9 Å². The van der Waals surface area contributed by atoms with Crippen LogP contribution in [0.4, 0.5) is 0 Å². The summed E-state index contributed by atoms with van der Waals surface area (Å²) >= 11 is 0. The van der Waals surface area contributed by atoms with Crippen LogP contribution in [0, 0.1) is 74.4 Å². The van der Waals surface area contributed by atoms with Crippen molar-refractivity contribution in [3.63, 3.8) is 0 Å². The number of carbonyl (C=O) groups excluding carboxylic acids is 2. The molecule has 1 aromatic rings. The number of hydrogen-bond acceptors (Lipinski definition) is 6. The molecular weight excluding hydrogens is 749 g/mol. The van der Waals surface area contributed by atoms with Crippen LogP contribution in [0.15, 0.2) is 0 Å². The smallest absolute Gasteiger partial charge is 0.306 e. The molecule has 9 nitrogen and oxygen atoms in total. The first-order chi connectivity index (χ1) is 28.0. The second kappa shape index (κ2) is 14.0. The van der Waals surface area contributed by atoms with Gasteiger partial charge in [0.05, 0.1) is 18.3 Å². The summed E-state index contributed by atoms with van der Waals surface area (Å²) in [5.74, 6) is 4.61. The first-order valence-corrected chi connectivity index (χ1v) is 24.7. The fourth-order valence-electron chi connectivity index (χ4n) is 17.7. The zero-order chi connectivity index (χ0) is 43.2. The standard InChI is InChI=1S/C51H80N4O5/c1-30(2)43-53-52-31(3)54(43)34-26-32-12-13-33(27-34)55(32)44(59)51-21-16-35(47(8)22-23-47)42(51)36-14-15-38-48(9)19-18-39(60-41(58)29-45(4,5)28-40(56)57)46(6,7)37(48)17-20-50(38,11)49(36,10)24-25-51/h30,32-39,42H,12-29H2,1-11H3,(H,56,57)/t32-,33+,34?,35-,36-,37+,38-,39+,42-,48+,49-,50-,51+/m1/s1. The number of rotatable bonds is 9. The van der Waals surface area contributed by atoms with E-state index in [9.17, 15) is 14.7 Å². The molecule has 2 bridgehead atoms. The number of carboxylic acids is 1. The van der Waals surface area contributed by atoms with Crippen LogP contribution in [-0.4, -0.2) is 60.8 Å². The van der Waals surface area contributed by atoms with E-state index in [1.54, 1.807) is 0 Å². The van der Waals surface area contributed by atoms with Crippen molar-refractivity contribution in [2.75, 3.05) is 0 Å². The highest BCUT2D eigenvalue weighted by atomic mass is 16.5. The van der Waals surface area contributed by atoms with E-state index in [2.05, 4.69) is 82.0 Å². The van der Waals surface area contributed by atoms with E-state index in [4.69, 9.17) is 4.74 Å². The minimum atomic E-state index is -0.877. The lowest BCUT2D eigenvalue weighted by Crippen LogP contribution is -2.68. The summed E-state index contributed by atoms with van der Waals surface area (Å²) in [4.78, 5) is 43.2. The van der Waals surface area contributed by atoms with Gasteiger partial charge in [-0.1, -0.05) is 69.2 Å². The Labute approximate surface area is 361 Å². The number of fused-ring (bicyclic) bond motifs is 9. The Morgan fingerprint density at radius 2 is 1.43 bits per heavy atom. The van der Waals surface area contributed by atoms with E-state index in [-0.39, 0.29) is 52.0 Å². The highest BCUT2D eigenvalue weighted by Crippen LogP contribution is 2.79. The van der Waals surface area contributed by atoms with Gasteiger partial charge in [0.25, 0.3) is 0 Å². The predicted molar refractivity (Wildman–Crippen MR) is 233 cm³/mol. The van der Waals surface area contributed by atoms with E-state index >= 15 is 4.79 Å². The van der Waals surface area contributed by atoms with E-state index in [1.165, 1.54) is 38.5 Å². The fourth-order valence-corrected chi connectivity index (χ4v) is 17.7. The number of aryl methyl sites for hydroxylation is 1. The number of esters is 1. The minimum absolute atomic E-state index is 0.0449. The lowest BCUT2D eigenvalue weighted by atomic mass is 9.32. The summed E-state index contributed by atoms with van der Waals surface area (Å²) in [5.41, 5.74) is -0.116. The van der Waals surface area contributed by atoms with Crippen molar-refractivity contribution in [3.05, 3.63) is 11.6 Å². The molecule has 0 aromatic carbocycles. The van der Waals surface area contributed by atoms with Crippen molar-refractivity contribution in [2.24, 2.45) is 67.5 Å². The average molecular weight is 829 g/mol. The molecule has 6 aliphatic carbocycles. The number of piperidine rings is 1. The van der Waals surface area contributed by atoms with Gasteiger partial charge in [0.1, 0.15) is 17.8 Å². The number of aromatic nitrogens is 3. The summed E-state index contributed by atoms with van der Waals surface area (Å²) in [6.07, 6.45) is 18.2. The Morgan fingerprint density at radius 3 is 2.07 bits per heavy atom. The molecule has 334 valence electrons.